The second-order valence-electron chi connectivity index (χ2n) is 2.69. The van der Waals surface area contributed by atoms with Crippen molar-refractivity contribution in [3.8, 4) is 0 Å². The molecule has 0 saturated carbocycles. The molecule has 1 fully saturated rings. The van der Waals surface area contributed by atoms with Crippen molar-refractivity contribution in [2.45, 2.75) is 26.7 Å². The van der Waals surface area contributed by atoms with Gasteiger partial charge >= 0.3 is 0 Å². The van der Waals surface area contributed by atoms with Gasteiger partial charge in [-0.3, -0.25) is 0 Å². The molecule has 0 atom stereocenters. The molecule has 91 valence electrons. The van der Waals surface area contributed by atoms with Crippen molar-refractivity contribution >= 4 is 0 Å². The van der Waals surface area contributed by atoms with Crippen molar-refractivity contribution in [3.63, 3.8) is 0 Å². The number of hydrogen-bond donors (Lipinski definition) is 1. The maximum Gasteiger partial charge on any atom is 0 e. The molecule has 1 radical (unpaired) electrons. The first-order chi connectivity index (χ1) is 7.00. The molecule has 1 saturated heterocycles. The smallest absolute Gasteiger partial charge is 0 e. The van der Waals surface area contributed by atoms with E-state index in [0.717, 1.165) is 0 Å². The van der Waals surface area contributed by atoms with E-state index in [1.54, 1.807) is 0 Å². The Morgan fingerprint density at radius 1 is 1.00 bits per heavy atom. The Bertz CT molecular complexity index is 140. The first-order valence-corrected chi connectivity index (χ1v) is 5.43. The zero-order valence-corrected chi connectivity index (χ0v) is 14.5. The normalized spacial score (nSPS) is 12.4. The molecule has 1 aliphatic rings. The Morgan fingerprint density at radius 3 is 1.62 bits per heavy atom. The molecule has 1 nitrogen and oxygen atoms in total. The summed E-state index contributed by atoms with van der Waals surface area (Å²) in [6, 6.07) is 12.5. The summed E-state index contributed by atoms with van der Waals surface area (Å²) in [4.78, 5) is 0. The molecule has 0 aromatic heterocycles. The fraction of sp³-hybridized carbons (Fsp3) is 0.462. The molecule has 3 heteroatoms. The molecule has 1 aromatic carbocycles. The number of nitrogens with one attached hydrogen (secondary N) is 1. The van der Waals surface area contributed by atoms with Crippen LogP contribution in [0.2, 0.25) is 0 Å². The molecule has 0 bridgehead atoms. The maximum atomic E-state index is 3.25. The standard InChI is InChI=1S/C6H5.C5H10N.C2H6.V.W/c2*1-2-4-6-5-3-1;1-2;;/h1-5H;1,6H,2-5H2;1-2H3;;/q2*-1;;;. The number of benzene rings is 1. The zero-order chi connectivity index (χ0) is 10.5. The Labute approximate surface area is 127 Å². The third kappa shape index (κ3) is 16.9. The van der Waals surface area contributed by atoms with Crippen LogP contribution >= 0.6 is 0 Å². The Morgan fingerprint density at radius 2 is 1.50 bits per heavy atom. The fourth-order valence-corrected chi connectivity index (χ4v) is 1.02. The van der Waals surface area contributed by atoms with Crippen LogP contribution in [0, 0.1) is 12.5 Å². The summed E-state index contributed by atoms with van der Waals surface area (Å²) >= 11 is 0. The van der Waals surface area contributed by atoms with E-state index in [-0.39, 0.29) is 39.6 Å². The molecule has 1 aliphatic heterocycles. The molecule has 0 unspecified atom stereocenters. The van der Waals surface area contributed by atoms with E-state index in [9.17, 15) is 0 Å². The first-order valence-electron chi connectivity index (χ1n) is 5.43. The van der Waals surface area contributed by atoms with Crippen molar-refractivity contribution in [2.24, 2.45) is 0 Å². The van der Waals surface area contributed by atoms with Gasteiger partial charge in [0.2, 0.25) is 0 Å². The summed E-state index contributed by atoms with van der Waals surface area (Å²) in [6.45, 7) is 6.39. The molecule has 16 heavy (non-hydrogen) atoms. The van der Waals surface area contributed by atoms with E-state index < -0.39 is 0 Å². The maximum absolute atomic E-state index is 3.25. The van der Waals surface area contributed by atoms with Crippen molar-refractivity contribution in [1.29, 1.82) is 0 Å². The van der Waals surface area contributed by atoms with E-state index in [2.05, 4.69) is 17.8 Å². The van der Waals surface area contributed by atoms with Gasteiger partial charge in [-0.1, -0.05) is 13.8 Å². The van der Waals surface area contributed by atoms with Crippen LogP contribution in [-0.4, -0.2) is 13.1 Å². The minimum atomic E-state index is 0. The third-order valence-electron chi connectivity index (χ3n) is 1.66. The number of hydrogen-bond acceptors (Lipinski definition) is 1. The van der Waals surface area contributed by atoms with Gasteiger partial charge in [-0.25, -0.2) is 0 Å². The van der Waals surface area contributed by atoms with Gasteiger partial charge in [-0.15, -0.1) is 0 Å². The first kappa shape index (κ1) is 21.7. The summed E-state index contributed by atoms with van der Waals surface area (Å²) in [7, 11) is 0. The van der Waals surface area contributed by atoms with E-state index >= 15 is 0 Å². The Kier molecular flexibility index (Phi) is 28.2. The number of rotatable bonds is 0. The zero-order valence-electron chi connectivity index (χ0n) is 10.1. The molecule has 2 rings (SSSR count). The molecule has 0 aliphatic carbocycles. The van der Waals surface area contributed by atoms with E-state index in [4.69, 9.17) is 0 Å². The van der Waals surface area contributed by atoms with E-state index in [1.807, 2.05) is 44.2 Å². The summed E-state index contributed by atoms with van der Waals surface area (Å²) in [5.74, 6) is 0. The van der Waals surface area contributed by atoms with Crippen LogP contribution in [-0.2, 0) is 39.6 Å². The molecule has 1 heterocycles. The van der Waals surface area contributed by atoms with Gasteiger partial charge in [0.1, 0.15) is 0 Å². The van der Waals surface area contributed by atoms with Gasteiger partial charge < -0.3 is 11.7 Å². The topological polar surface area (TPSA) is 12.0 Å². The van der Waals surface area contributed by atoms with Crippen LogP contribution in [0.5, 0.6) is 0 Å². The number of piperidine rings is 1. The Balaban J connectivity index is -0.000000165. The van der Waals surface area contributed by atoms with E-state index in [1.165, 1.54) is 25.9 Å². The average molecular weight is 426 g/mol. The van der Waals surface area contributed by atoms with Gasteiger partial charge in [0.05, 0.1) is 0 Å². The fourth-order valence-electron chi connectivity index (χ4n) is 1.02. The molecular formula is C13H21NVW-2. The second kappa shape index (κ2) is 20.8. The van der Waals surface area contributed by atoms with Crippen molar-refractivity contribution in [3.05, 3.63) is 42.8 Å². The van der Waals surface area contributed by atoms with Gasteiger partial charge in [-0.05, 0) is 13.1 Å². The Hall–Kier alpha value is 0.453. The summed E-state index contributed by atoms with van der Waals surface area (Å²) in [6.07, 6.45) is 4.86. The van der Waals surface area contributed by atoms with E-state index in [0.29, 0.717) is 0 Å². The van der Waals surface area contributed by atoms with Crippen molar-refractivity contribution < 1.29 is 39.6 Å². The quantitative estimate of drug-likeness (QED) is 0.630. The second-order valence-corrected chi connectivity index (χ2v) is 2.69. The third-order valence-corrected chi connectivity index (χ3v) is 1.66. The summed E-state index contributed by atoms with van der Waals surface area (Å²) in [5.41, 5.74) is 0. The van der Waals surface area contributed by atoms with Crippen molar-refractivity contribution in [1.82, 2.24) is 5.32 Å². The van der Waals surface area contributed by atoms with Gasteiger partial charge in [0.15, 0.2) is 0 Å². The molecule has 1 N–H and O–H groups in total. The van der Waals surface area contributed by atoms with Crippen LogP contribution in [0.25, 0.3) is 0 Å². The molecule has 1 aromatic rings. The van der Waals surface area contributed by atoms with Gasteiger partial charge in [0.25, 0.3) is 0 Å². The monoisotopic (exact) mass is 426 g/mol. The van der Waals surface area contributed by atoms with Crippen LogP contribution in [0.15, 0.2) is 30.3 Å². The molecule has 0 amide bonds. The predicted octanol–water partition coefficient (Wildman–Crippen LogP) is 3.08. The van der Waals surface area contributed by atoms with Crippen LogP contribution in [0.3, 0.4) is 0 Å². The van der Waals surface area contributed by atoms with Crippen LogP contribution in [0.4, 0.5) is 0 Å². The van der Waals surface area contributed by atoms with Gasteiger partial charge in [0, 0.05) is 39.6 Å². The SMILES string of the molecule is CC.[CH-]1CCNCC1.[V].[W].[c-]1ccccc1. The van der Waals surface area contributed by atoms with Crippen LogP contribution < -0.4 is 5.32 Å². The minimum absolute atomic E-state index is 0. The average Bonchev–Trinajstić information content (AvgIpc) is 2.37. The minimum Gasteiger partial charge on any atom is -0.326 e. The molecular weight excluding hydrogens is 405 g/mol. The van der Waals surface area contributed by atoms with Crippen molar-refractivity contribution in [2.75, 3.05) is 13.1 Å². The summed E-state index contributed by atoms with van der Waals surface area (Å²) in [5, 5.41) is 3.25. The predicted molar refractivity (Wildman–Crippen MR) is 63.0 cm³/mol. The van der Waals surface area contributed by atoms with Gasteiger partial charge in [-0.2, -0.15) is 49.2 Å². The largest absolute Gasteiger partial charge is 0.326 e. The molecule has 0 spiro atoms. The van der Waals surface area contributed by atoms with Crippen LogP contribution in [0.1, 0.15) is 26.7 Å². The summed E-state index contributed by atoms with van der Waals surface area (Å²) < 4.78 is 0.